The van der Waals surface area contributed by atoms with E-state index in [0.29, 0.717) is 12.2 Å². The van der Waals surface area contributed by atoms with Crippen LogP contribution in [-0.4, -0.2) is 28.7 Å². The molecule has 0 aliphatic heterocycles. The first-order valence-electron chi connectivity index (χ1n) is 5.16. The Bertz CT molecular complexity index is 505. The minimum Gasteiger partial charge on any atom is -0.347 e. The zero-order valence-electron chi connectivity index (χ0n) is 9.03. The molecule has 0 unspecified atom stereocenters. The number of nitrogens with zero attached hydrogens (tertiary/aromatic N) is 1. The van der Waals surface area contributed by atoms with E-state index in [9.17, 15) is 4.79 Å². The summed E-state index contributed by atoms with van der Waals surface area (Å²) in [5.74, 6) is -0.199. The molecule has 0 aliphatic rings. The fraction of sp³-hybridized carbons (Fsp3) is 0.273. The Balaban J connectivity index is 2.30. The second-order valence-corrected chi connectivity index (χ2v) is 3.73. The van der Waals surface area contributed by atoms with Crippen LogP contribution in [0, 0.1) is 0 Å². The lowest BCUT2D eigenvalue weighted by atomic mass is 10.2. The van der Waals surface area contributed by atoms with Crippen molar-refractivity contribution in [2.75, 3.05) is 6.54 Å². The highest BCUT2D eigenvalue weighted by Gasteiger charge is 2.14. The molecular weight excluding hydrogens is 204 g/mol. The first kappa shape index (κ1) is 10.6. The Morgan fingerprint density at radius 2 is 2.31 bits per heavy atom. The van der Waals surface area contributed by atoms with Crippen LogP contribution in [0.1, 0.15) is 17.4 Å². The predicted octanol–water partition coefficient (Wildman–Crippen LogP) is 0.640. The van der Waals surface area contributed by atoms with Crippen molar-refractivity contribution in [2.45, 2.75) is 13.0 Å². The van der Waals surface area contributed by atoms with Crippen molar-refractivity contribution >= 4 is 16.8 Å². The van der Waals surface area contributed by atoms with Gasteiger partial charge in [-0.3, -0.25) is 9.89 Å². The maximum absolute atomic E-state index is 11.8. The number of carbonyl (C=O) groups is 1. The molecule has 0 saturated carbocycles. The summed E-state index contributed by atoms with van der Waals surface area (Å²) in [6, 6.07) is 7.46. The van der Waals surface area contributed by atoms with Gasteiger partial charge >= 0.3 is 0 Å². The van der Waals surface area contributed by atoms with Gasteiger partial charge in [-0.15, -0.1) is 0 Å². The van der Waals surface area contributed by atoms with Crippen LogP contribution >= 0.6 is 0 Å². The number of hydrogen-bond acceptors (Lipinski definition) is 3. The molecular formula is C11H14N4O. The summed E-state index contributed by atoms with van der Waals surface area (Å²) in [5.41, 5.74) is 6.71. The lowest BCUT2D eigenvalue weighted by Gasteiger charge is -2.09. The average Bonchev–Trinajstić information content (AvgIpc) is 2.72. The highest BCUT2D eigenvalue weighted by Crippen LogP contribution is 2.14. The van der Waals surface area contributed by atoms with Crippen LogP contribution in [0.15, 0.2) is 24.3 Å². The molecule has 0 radical (unpaired) electrons. The highest BCUT2D eigenvalue weighted by atomic mass is 16.2. The summed E-state index contributed by atoms with van der Waals surface area (Å²) in [7, 11) is 0. The monoisotopic (exact) mass is 218 g/mol. The summed E-state index contributed by atoms with van der Waals surface area (Å²) in [4.78, 5) is 11.8. The van der Waals surface area contributed by atoms with Crippen molar-refractivity contribution in [2.24, 2.45) is 5.73 Å². The molecule has 0 fully saturated rings. The summed E-state index contributed by atoms with van der Waals surface area (Å²) in [6.07, 6.45) is 0. The number of amides is 1. The molecule has 5 heteroatoms. The van der Waals surface area contributed by atoms with Crippen molar-refractivity contribution in [3.05, 3.63) is 30.0 Å². The smallest absolute Gasteiger partial charge is 0.272 e. The van der Waals surface area contributed by atoms with Crippen LogP contribution in [0.2, 0.25) is 0 Å². The SMILES string of the molecule is C[C@@H](CN)NC(=O)c1n[nH]c2ccccc12. The number of aromatic amines is 1. The van der Waals surface area contributed by atoms with Gasteiger partial charge in [-0.2, -0.15) is 5.10 Å². The van der Waals surface area contributed by atoms with Crippen molar-refractivity contribution in [1.82, 2.24) is 15.5 Å². The van der Waals surface area contributed by atoms with Gasteiger partial charge in [0.1, 0.15) is 0 Å². The van der Waals surface area contributed by atoms with E-state index in [1.54, 1.807) is 0 Å². The number of rotatable bonds is 3. The van der Waals surface area contributed by atoms with Gasteiger partial charge < -0.3 is 11.1 Å². The number of nitrogens with one attached hydrogen (secondary N) is 2. The molecule has 1 aromatic carbocycles. The van der Waals surface area contributed by atoms with Gasteiger partial charge in [-0.1, -0.05) is 18.2 Å². The van der Waals surface area contributed by atoms with Crippen LogP contribution in [0.4, 0.5) is 0 Å². The molecule has 0 bridgehead atoms. The summed E-state index contributed by atoms with van der Waals surface area (Å²) in [6.45, 7) is 2.26. The van der Waals surface area contributed by atoms with Crippen LogP contribution in [0.5, 0.6) is 0 Å². The molecule has 1 amide bonds. The Labute approximate surface area is 93.0 Å². The average molecular weight is 218 g/mol. The molecule has 16 heavy (non-hydrogen) atoms. The fourth-order valence-electron chi connectivity index (χ4n) is 1.49. The van der Waals surface area contributed by atoms with Gasteiger partial charge in [-0.25, -0.2) is 0 Å². The van der Waals surface area contributed by atoms with E-state index in [1.165, 1.54) is 0 Å². The lowest BCUT2D eigenvalue weighted by Crippen LogP contribution is -2.38. The molecule has 1 heterocycles. The van der Waals surface area contributed by atoms with Gasteiger partial charge in [0.2, 0.25) is 0 Å². The molecule has 2 aromatic rings. The van der Waals surface area contributed by atoms with E-state index in [1.807, 2.05) is 31.2 Å². The van der Waals surface area contributed by atoms with Crippen LogP contribution in [0.3, 0.4) is 0 Å². The minimum absolute atomic E-state index is 0.0528. The molecule has 1 aromatic heterocycles. The number of H-pyrrole nitrogens is 1. The molecule has 0 aliphatic carbocycles. The third-order valence-electron chi connectivity index (χ3n) is 2.42. The first-order chi connectivity index (χ1) is 7.72. The van der Waals surface area contributed by atoms with Crippen LogP contribution < -0.4 is 11.1 Å². The van der Waals surface area contributed by atoms with E-state index >= 15 is 0 Å². The van der Waals surface area contributed by atoms with E-state index in [-0.39, 0.29) is 11.9 Å². The van der Waals surface area contributed by atoms with Gasteiger partial charge in [-0.05, 0) is 13.0 Å². The lowest BCUT2D eigenvalue weighted by molar-refractivity contribution is 0.0938. The maximum atomic E-state index is 11.8. The molecule has 5 nitrogen and oxygen atoms in total. The number of carbonyl (C=O) groups excluding carboxylic acids is 1. The predicted molar refractivity (Wildman–Crippen MR) is 62.1 cm³/mol. The van der Waals surface area contributed by atoms with E-state index < -0.39 is 0 Å². The van der Waals surface area contributed by atoms with Gasteiger partial charge in [0, 0.05) is 18.0 Å². The second-order valence-electron chi connectivity index (χ2n) is 3.73. The summed E-state index contributed by atoms with van der Waals surface area (Å²) >= 11 is 0. The first-order valence-corrected chi connectivity index (χ1v) is 5.16. The standard InChI is InChI=1S/C11H14N4O/c1-7(6-12)13-11(16)10-8-4-2-3-5-9(8)14-15-10/h2-5,7H,6,12H2,1H3,(H,13,16)(H,14,15)/t7-/m0/s1. The zero-order chi connectivity index (χ0) is 11.5. The number of nitrogens with two attached hydrogens (primary N) is 1. The molecule has 0 spiro atoms. The molecule has 84 valence electrons. The number of aromatic nitrogens is 2. The Hall–Kier alpha value is -1.88. The van der Waals surface area contributed by atoms with E-state index in [0.717, 1.165) is 10.9 Å². The maximum Gasteiger partial charge on any atom is 0.272 e. The topological polar surface area (TPSA) is 83.8 Å². The quantitative estimate of drug-likeness (QED) is 0.706. The Morgan fingerprint density at radius 3 is 3.06 bits per heavy atom. The third-order valence-corrected chi connectivity index (χ3v) is 2.42. The number of benzene rings is 1. The van der Waals surface area contributed by atoms with Crippen molar-refractivity contribution in [1.29, 1.82) is 0 Å². The van der Waals surface area contributed by atoms with Crippen LogP contribution in [0.25, 0.3) is 10.9 Å². The number of para-hydroxylation sites is 1. The van der Waals surface area contributed by atoms with Crippen molar-refractivity contribution in [3.63, 3.8) is 0 Å². The van der Waals surface area contributed by atoms with Gasteiger partial charge in [0.05, 0.1) is 5.52 Å². The van der Waals surface area contributed by atoms with Crippen molar-refractivity contribution < 1.29 is 4.79 Å². The summed E-state index contributed by atoms with van der Waals surface area (Å²) in [5, 5.41) is 10.4. The largest absolute Gasteiger partial charge is 0.347 e. The zero-order valence-corrected chi connectivity index (χ0v) is 9.03. The Morgan fingerprint density at radius 1 is 1.56 bits per heavy atom. The van der Waals surface area contributed by atoms with Gasteiger partial charge in [0.15, 0.2) is 5.69 Å². The Kier molecular flexibility index (Phi) is 2.87. The van der Waals surface area contributed by atoms with Crippen molar-refractivity contribution in [3.8, 4) is 0 Å². The number of fused-ring (bicyclic) bond motifs is 1. The van der Waals surface area contributed by atoms with Gasteiger partial charge in [0.25, 0.3) is 5.91 Å². The normalized spacial score (nSPS) is 12.6. The summed E-state index contributed by atoms with van der Waals surface area (Å²) < 4.78 is 0. The van der Waals surface area contributed by atoms with E-state index in [4.69, 9.17) is 5.73 Å². The fourth-order valence-corrected chi connectivity index (χ4v) is 1.49. The molecule has 2 rings (SSSR count). The van der Waals surface area contributed by atoms with E-state index in [2.05, 4.69) is 15.5 Å². The minimum atomic E-state index is -0.199. The van der Waals surface area contributed by atoms with Crippen LogP contribution in [-0.2, 0) is 0 Å². The molecule has 1 atom stereocenters. The second kappa shape index (κ2) is 4.32. The molecule has 0 saturated heterocycles. The number of hydrogen-bond donors (Lipinski definition) is 3. The third kappa shape index (κ3) is 1.90. The highest BCUT2D eigenvalue weighted by molar-refractivity contribution is 6.04. The molecule has 4 N–H and O–H groups in total.